The number of hydrogen-bond donors (Lipinski definition) is 3. The fourth-order valence-corrected chi connectivity index (χ4v) is 1.32. The SMILES string of the molecule is CCOC1O[C@@H](C)[C@H](O)[C@@H](O)[C@H]1O. The Kier molecular flexibility index (Phi) is 3.63. The van der Waals surface area contributed by atoms with Gasteiger partial charge in [0.1, 0.15) is 18.3 Å². The predicted molar refractivity (Wildman–Crippen MR) is 44.0 cm³/mol. The Morgan fingerprint density at radius 3 is 2.31 bits per heavy atom. The van der Waals surface area contributed by atoms with Crippen LogP contribution in [0.5, 0.6) is 0 Å². The van der Waals surface area contributed by atoms with Crippen LogP contribution in [0.1, 0.15) is 13.8 Å². The van der Waals surface area contributed by atoms with Crippen molar-refractivity contribution in [2.75, 3.05) is 6.61 Å². The van der Waals surface area contributed by atoms with Gasteiger partial charge >= 0.3 is 0 Å². The third-order valence-corrected chi connectivity index (χ3v) is 2.14. The number of rotatable bonds is 2. The van der Waals surface area contributed by atoms with Gasteiger partial charge in [0, 0.05) is 6.61 Å². The van der Waals surface area contributed by atoms with Crippen molar-refractivity contribution in [3.63, 3.8) is 0 Å². The summed E-state index contributed by atoms with van der Waals surface area (Å²) in [7, 11) is 0. The van der Waals surface area contributed by atoms with E-state index in [4.69, 9.17) is 9.47 Å². The second-order valence-electron chi connectivity index (χ2n) is 3.14. The van der Waals surface area contributed by atoms with Crippen LogP contribution in [0.3, 0.4) is 0 Å². The molecule has 1 saturated heterocycles. The number of aliphatic hydroxyl groups excluding tert-OH is 3. The average Bonchev–Trinajstić information content (AvgIpc) is 2.11. The molecule has 1 aliphatic rings. The smallest absolute Gasteiger partial charge is 0.186 e. The van der Waals surface area contributed by atoms with Crippen molar-refractivity contribution in [3.8, 4) is 0 Å². The number of ether oxygens (including phenoxy) is 2. The van der Waals surface area contributed by atoms with Crippen molar-refractivity contribution in [1.82, 2.24) is 0 Å². The minimum atomic E-state index is -1.21. The molecule has 0 saturated carbocycles. The molecule has 3 N–H and O–H groups in total. The summed E-state index contributed by atoms with van der Waals surface area (Å²) in [6.07, 6.45) is -4.84. The Morgan fingerprint density at radius 1 is 1.15 bits per heavy atom. The molecule has 0 spiro atoms. The first kappa shape index (κ1) is 10.9. The molecule has 78 valence electrons. The van der Waals surface area contributed by atoms with Gasteiger partial charge in [-0.05, 0) is 13.8 Å². The van der Waals surface area contributed by atoms with Crippen LogP contribution in [0, 0.1) is 0 Å². The lowest BCUT2D eigenvalue weighted by atomic mass is 10.0. The third kappa shape index (κ3) is 2.18. The van der Waals surface area contributed by atoms with Crippen LogP contribution >= 0.6 is 0 Å². The van der Waals surface area contributed by atoms with Crippen molar-refractivity contribution < 1.29 is 24.8 Å². The highest BCUT2D eigenvalue weighted by Gasteiger charge is 2.42. The molecular weight excluding hydrogens is 176 g/mol. The summed E-state index contributed by atoms with van der Waals surface area (Å²) in [6.45, 7) is 3.77. The average molecular weight is 192 g/mol. The second kappa shape index (κ2) is 4.34. The van der Waals surface area contributed by atoms with Gasteiger partial charge in [0.15, 0.2) is 6.29 Å². The molecule has 0 aromatic carbocycles. The molecule has 0 amide bonds. The van der Waals surface area contributed by atoms with Crippen LogP contribution in [-0.2, 0) is 9.47 Å². The summed E-state index contributed by atoms with van der Waals surface area (Å²) in [4.78, 5) is 0. The van der Waals surface area contributed by atoms with Crippen molar-refractivity contribution in [3.05, 3.63) is 0 Å². The first-order chi connectivity index (χ1) is 6.07. The zero-order valence-corrected chi connectivity index (χ0v) is 7.75. The molecule has 1 fully saturated rings. The first-order valence-electron chi connectivity index (χ1n) is 4.39. The Labute approximate surface area is 76.9 Å². The maximum absolute atomic E-state index is 9.40. The minimum absolute atomic E-state index is 0.386. The van der Waals surface area contributed by atoms with E-state index in [0.717, 1.165) is 0 Å². The summed E-state index contributed by atoms with van der Waals surface area (Å²) in [5, 5.41) is 28.1. The fraction of sp³-hybridized carbons (Fsp3) is 1.00. The molecule has 5 nitrogen and oxygen atoms in total. The molecule has 0 aromatic heterocycles. The molecule has 0 aliphatic carbocycles. The maximum Gasteiger partial charge on any atom is 0.186 e. The van der Waals surface area contributed by atoms with E-state index in [2.05, 4.69) is 0 Å². The molecule has 0 radical (unpaired) electrons. The van der Waals surface area contributed by atoms with Gasteiger partial charge in [-0.3, -0.25) is 0 Å². The van der Waals surface area contributed by atoms with Crippen molar-refractivity contribution >= 4 is 0 Å². The van der Waals surface area contributed by atoms with E-state index in [1.807, 2.05) is 0 Å². The molecule has 0 bridgehead atoms. The molecule has 0 aromatic rings. The zero-order chi connectivity index (χ0) is 10.0. The van der Waals surface area contributed by atoms with E-state index in [1.165, 1.54) is 0 Å². The van der Waals surface area contributed by atoms with Gasteiger partial charge in [0.2, 0.25) is 0 Å². The van der Waals surface area contributed by atoms with E-state index in [1.54, 1.807) is 13.8 Å². The molecule has 5 atom stereocenters. The van der Waals surface area contributed by atoms with Crippen molar-refractivity contribution in [1.29, 1.82) is 0 Å². The Morgan fingerprint density at radius 2 is 1.77 bits per heavy atom. The highest BCUT2D eigenvalue weighted by atomic mass is 16.7. The predicted octanol–water partition coefficient (Wildman–Crippen LogP) is -1.15. The van der Waals surface area contributed by atoms with Crippen LogP contribution in [0.25, 0.3) is 0 Å². The van der Waals surface area contributed by atoms with Crippen molar-refractivity contribution in [2.45, 2.75) is 44.6 Å². The molecule has 5 heteroatoms. The highest BCUT2D eigenvalue weighted by molar-refractivity contribution is 4.86. The summed E-state index contributed by atoms with van der Waals surface area (Å²) < 4.78 is 10.2. The molecule has 1 unspecified atom stereocenters. The number of aliphatic hydroxyl groups is 3. The normalized spacial score (nSPS) is 46.4. The van der Waals surface area contributed by atoms with Crippen LogP contribution in [-0.4, -0.2) is 52.6 Å². The molecule has 13 heavy (non-hydrogen) atoms. The molecule has 1 rings (SSSR count). The fourth-order valence-electron chi connectivity index (χ4n) is 1.32. The monoisotopic (exact) mass is 192 g/mol. The quantitative estimate of drug-likeness (QED) is 0.515. The van der Waals surface area contributed by atoms with Crippen molar-refractivity contribution in [2.24, 2.45) is 0 Å². The lowest BCUT2D eigenvalue weighted by molar-refractivity contribution is -0.291. The van der Waals surface area contributed by atoms with Gasteiger partial charge in [-0.25, -0.2) is 0 Å². The van der Waals surface area contributed by atoms with Gasteiger partial charge in [0.05, 0.1) is 6.10 Å². The molecular formula is C8H16O5. The molecule has 1 aliphatic heterocycles. The minimum Gasteiger partial charge on any atom is -0.388 e. The van der Waals surface area contributed by atoms with Crippen LogP contribution in [0.15, 0.2) is 0 Å². The van der Waals surface area contributed by atoms with Crippen LogP contribution in [0.2, 0.25) is 0 Å². The van der Waals surface area contributed by atoms with Gasteiger partial charge in [-0.2, -0.15) is 0 Å². The van der Waals surface area contributed by atoms with E-state index in [9.17, 15) is 15.3 Å². The third-order valence-electron chi connectivity index (χ3n) is 2.14. The topological polar surface area (TPSA) is 79.2 Å². The Balaban J connectivity index is 2.59. The van der Waals surface area contributed by atoms with E-state index < -0.39 is 30.7 Å². The lowest BCUT2D eigenvalue weighted by Gasteiger charge is -2.38. The van der Waals surface area contributed by atoms with Gasteiger partial charge in [-0.15, -0.1) is 0 Å². The summed E-state index contributed by atoms with van der Waals surface area (Å²) in [5.41, 5.74) is 0. The second-order valence-corrected chi connectivity index (χ2v) is 3.14. The largest absolute Gasteiger partial charge is 0.388 e. The zero-order valence-electron chi connectivity index (χ0n) is 7.75. The summed E-state index contributed by atoms with van der Waals surface area (Å²) in [5.74, 6) is 0. The van der Waals surface area contributed by atoms with Crippen LogP contribution in [0.4, 0.5) is 0 Å². The van der Waals surface area contributed by atoms with E-state index >= 15 is 0 Å². The summed E-state index contributed by atoms with van der Waals surface area (Å²) in [6, 6.07) is 0. The molecule has 1 heterocycles. The highest BCUT2D eigenvalue weighted by Crippen LogP contribution is 2.21. The van der Waals surface area contributed by atoms with E-state index in [0.29, 0.717) is 6.61 Å². The van der Waals surface area contributed by atoms with Crippen LogP contribution < -0.4 is 0 Å². The van der Waals surface area contributed by atoms with Gasteiger partial charge < -0.3 is 24.8 Å². The Bertz CT molecular complexity index is 163. The van der Waals surface area contributed by atoms with Gasteiger partial charge in [-0.1, -0.05) is 0 Å². The van der Waals surface area contributed by atoms with E-state index in [-0.39, 0.29) is 0 Å². The summed E-state index contributed by atoms with van der Waals surface area (Å²) >= 11 is 0. The first-order valence-corrected chi connectivity index (χ1v) is 4.39. The standard InChI is InChI=1S/C8H16O5/c1-3-12-8-7(11)6(10)5(9)4(2)13-8/h4-11H,3H2,1-2H3/t4-,5-,6+,7+,8?/m0/s1. The van der Waals surface area contributed by atoms with Gasteiger partial charge in [0.25, 0.3) is 0 Å². The lowest BCUT2D eigenvalue weighted by Crippen LogP contribution is -2.57. The maximum atomic E-state index is 9.40. The number of hydrogen-bond acceptors (Lipinski definition) is 5. The Hall–Kier alpha value is -0.200.